The molecule has 1 saturated carbocycles. The first-order valence-electron chi connectivity index (χ1n) is 7.53. The molecule has 0 atom stereocenters. The first-order valence-corrected chi connectivity index (χ1v) is 7.53. The van der Waals surface area contributed by atoms with Crippen molar-refractivity contribution in [3.8, 4) is 17.2 Å². The highest BCUT2D eigenvalue weighted by Crippen LogP contribution is 2.39. The summed E-state index contributed by atoms with van der Waals surface area (Å²) in [4.78, 5) is 13.1. The molecule has 0 bridgehead atoms. The summed E-state index contributed by atoms with van der Waals surface area (Å²) in [7, 11) is 0. The lowest BCUT2D eigenvalue weighted by Gasteiger charge is -2.07. The summed E-state index contributed by atoms with van der Waals surface area (Å²) < 4.78 is 1.91. The fourth-order valence-electron chi connectivity index (χ4n) is 2.47. The number of nitrogens with zero attached hydrogens (tertiary/aromatic N) is 5. The van der Waals surface area contributed by atoms with Gasteiger partial charge in [0.2, 0.25) is 0 Å². The molecule has 5 nitrogen and oxygen atoms in total. The minimum absolute atomic E-state index is 0.508. The molecule has 0 amide bonds. The zero-order valence-corrected chi connectivity index (χ0v) is 12.7. The second kappa shape index (κ2) is 5.02. The Morgan fingerprint density at radius 1 is 1.09 bits per heavy atom. The van der Waals surface area contributed by atoms with Gasteiger partial charge in [0.05, 0.1) is 5.69 Å². The van der Waals surface area contributed by atoms with Gasteiger partial charge >= 0.3 is 0 Å². The molecule has 4 rings (SSSR count). The van der Waals surface area contributed by atoms with Gasteiger partial charge in [0.1, 0.15) is 12.0 Å². The second-order valence-electron chi connectivity index (χ2n) is 5.84. The zero-order valence-electron chi connectivity index (χ0n) is 12.7. The Morgan fingerprint density at radius 3 is 2.64 bits per heavy atom. The summed E-state index contributed by atoms with van der Waals surface area (Å²) in [5, 5.41) is 4.73. The van der Waals surface area contributed by atoms with Crippen molar-refractivity contribution in [2.24, 2.45) is 0 Å². The number of rotatable bonds is 3. The Kier molecular flexibility index (Phi) is 2.99. The van der Waals surface area contributed by atoms with Crippen molar-refractivity contribution in [1.29, 1.82) is 0 Å². The van der Waals surface area contributed by atoms with Crippen LogP contribution in [-0.4, -0.2) is 24.7 Å². The summed E-state index contributed by atoms with van der Waals surface area (Å²) >= 11 is 0. The molecule has 1 fully saturated rings. The highest BCUT2D eigenvalue weighted by atomic mass is 15.4. The average molecular weight is 291 g/mol. The van der Waals surface area contributed by atoms with Gasteiger partial charge in [-0.2, -0.15) is 5.10 Å². The molecule has 2 heterocycles. The molecular weight excluding hydrogens is 274 g/mol. The third-order valence-corrected chi connectivity index (χ3v) is 4.11. The maximum Gasteiger partial charge on any atom is 0.181 e. The minimum atomic E-state index is 0.508. The van der Waals surface area contributed by atoms with Crippen LogP contribution >= 0.6 is 0 Å². The van der Waals surface area contributed by atoms with E-state index in [2.05, 4.69) is 42.0 Å². The van der Waals surface area contributed by atoms with Crippen LogP contribution in [0.15, 0.2) is 36.8 Å². The summed E-state index contributed by atoms with van der Waals surface area (Å²) in [6, 6.07) is 8.22. The van der Waals surface area contributed by atoms with Gasteiger partial charge in [-0.3, -0.25) is 0 Å². The van der Waals surface area contributed by atoms with E-state index in [9.17, 15) is 0 Å². The standard InChI is InChI=1S/C17H17N5/c1-11-3-6-14(9-12(11)2)22-17(15-7-8-18-10-19-15)20-16(21-22)13-4-5-13/h3,6-10,13H,4-5H2,1-2H3. The third kappa shape index (κ3) is 2.28. The van der Waals surface area contributed by atoms with Gasteiger partial charge in [-0.1, -0.05) is 6.07 Å². The van der Waals surface area contributed by atoms with Gasteiger partial charge in [-0.05, 0) is 56.0 Å². The molecule has 22 heavy (non-hydrogen) atoms. The van der Waals surface area contributed by atoms with Crippen LogP contribution in [-0.2, 0) is 0 Å². The van der Waals surface area contributed by atoms with Crippen LogP contribution in [0.5, 0.6) is 0 Å². The lowest BCUT2D eigenvalue weighted by Crippen LogP contribution is -2.02. The first-order chi connectivity index (χ1) is 10.7. The van der Waals surface area contributed by atoms with Crippen LogP contribution in [0.25, 0.3) is 17.2 Å². The van der Waals surface area contributed by atoms with Gasteiger partial charge in [0.15, 0.2) is 11.6 Å². The third-order valence-electron chi connectivity index (χ3n) is 4.11. The summed E-state index contributed by atoms with van der Waals surface area (Å²) in [5.74, 6) is 2.22. The van der Waals surface area contributed by atoms with Crippen LogP contribution < -0.4 is 0 Å². The highest BCUT2D eigenvalue weighted by Gasteiger charge is 2.29. The normalized spacial score (nSPS) is 14.3. The van der Waals surface area contributed by atoms with Crippen molar-refractivity contribution in [1.82, 2.24) is 24.7 Å². The van der Waals surface area contributed by atoms with Crippen molar-refractivity contribution in [2.45, 2.75) is 32.6 Å². The molecule has 5 heteroatoms. The first kappa shape index (κ1) is 13.1. The molecule has 0 saturated heterocycles. The van der Waals surface area contributed by atoms with E-state index in [0.29, 0.717) is 5.92 Å². The number of hydrogen-bond donors (Lipinski definition) is 0. The quantitative estimate of drug-likeness (QED) is 0.743. The largest absolute Gasteiger partial charge is 0.245 e. The minimum Gasteiger partial charge on any atom is -0.245 e. The summed E-state index contributed by atoms with van der Waals surface area (Å²) in [6.45, 7) is 4.23. The van der Waals surface area contributed by atoms with E-state index in [1.807, 2.05) is 10.7 Å². The molecule has 0 N–H and O–H groups in total. The molecule has 0 radical (unpaired) electrons. The topological polar surface area (TPSA) is 56.5 Å². The van der Waals surface area contributed by atoms with Crippen molar-refractivity contribution < 1.29 is 0 Å². The fourth-order valence-corrected chi connectivity index (χ4v) is 2.47. The summed E-state index contributed by atoms with van der Waals surface area (Å²) in [6.07, 6.45) is 5.64. The number of aryl methyl sites for hydroxylation is 2. The Balaban J connectivity index is 1.88. The SMILES string of the molecule is Cc1ccc(-n2nc(C3CC3)nc2-c2ccncn2)cc1C. The Hall–Kier alpha value is -2.56. The monoisotopic (exact) mass is 291 g/mol. The van der Waals surface area contributed by atoms with Gasteiger partial charge in [0.25, 0.3) is 0 Å². The molecule has 1 aromatic carbocycles. The molecule has 0 spiro atoms. The summed E-state index contributed by atoms with van der Waals surface area (Å²) in [5.41, 5.74) is 4.34. The molecule has 0 aliphatic heterocycles. The van der Waals surface area contributed by atoms with Crippen molar-refractivity contribution in [2.75, 3.05) is 0 Å². The lowest BCUT2D eigenvalue weighted by atomic mass is 10.1. The number of hydrogen-bond acceptors (Lipinski definition) is 4. The maximum absolute atomic E-state index is 4.73. The molecule has 1 aliphatic rings. The lowest BCUT2D eigenvalue weighted by molar-refractivity contribution is 0.835. The van der Waals surface area contributed by atoms with Crippen molar-refractivity contribution >= 4 is 0 Å². The Morgan fingerprint density at radius 2 is 1.95 bits per heavy atom. The van der Waals surface area contributed by atoms with E-state index in [4.69, 9.17) is 10.1 Å². The van der Waals surface area contributed by atoms with Gasteiger partial charge in [-0.25, -0.2) is 19.6 Å². The fraction of sp³-hybridized carbons (Fsp3) is 0.294. The van der Waals surface area contributed by atoms with E-state index >= 15 is 0 Å². The predicted octanol–water partition coefficient (Wildman–Crippen LogP) is 3.22. The van der Waals surface area contributed by atoms with E-state index in [1.54, 1.807) is 12.5 Å². The number of aromatic nitrogens is 5. The molecule has 110 valence electrons. The van der Waals surface area contributed by atoms with Crippen LogP contribution in [0.2, 0.25) is 0 Å². The molecular formula is C17H17N5. The highest BCUT2D eigenvalue weighted by molar-refractivity contribution is 5.53. The van der Waals surface area contributed by atoms with Crippen LogP contribution in [0.1, 0.15) is 35.7 Å². The van der Waals surface area contributed by atoms with Crippen molar-refractivity contribution in [3.63, 3.8) is 0 Å². The van der Waals surface area contributed by atoms with E-state index in [1.165, 1.54) is 24.0 Å². The average Bonchev–Trinajstić information content (AvgIpc) is 3.30. The van der Waals surface area contributed by atoms with E-state index in [-0.39, 0.29) is 0 Å². The smallest absolute Gasteiger partial charge is 0.181 e. The molecule has 1 aliphatic carbocycles. The Labute approximate surface area is 129 Å². The second-order valence-corrected chi connectivity index (χ2v) is 5.84. The van der Waals surface area contributed by atoms with Crippen molar-refractivity contribution in [3.05, 3.63) is 53.7 Å². The maximum atomic E-state index is 4.73. The molecule has 3 aromatic rings. The molecule has 2 aromatic heterocycles. The number of benzene rings is 1. The molecule has 0 unspecified atom stereocenters. The van der Waals surface area contributed by atoms with E-state index in [0.717, 1.165) is 23.0 Å². The van der Waals surface area contributed by atoms with Crippen LogP contribution in [0.3, 0.4) is 0 Å². The van der Waals surface area contributed by atoms with E-state index < -0.39 is 0 Å². The zero-order chi connectivity index (χ0) is 15.1. The van der Waals surface area contributed by atoms with Gasteiger partial charge < -0.3 is 0 Å². The van der Waals surface area contributed by atoms with Gasteiger partial charge in [-0.15, -0.1) is 0 Å². The van der Waals surface area contributed by atoms with Crippen LogP contribution in [0.4, 0.5) is 0 Å². The Bertz CT molecular complexity index is 818. The van der Waals surface area contributed by atoms with Gasteiger partial charge in [0, 0.05) is 12.1 Å². The predicted molar refractivity (Wildman–Crippen MR) is 83.8 cm³/mol. The van der Waals surface area contributed by atoms with Crippen LogP contribution in [0, 0.1) is 13.8 Å².